The minimum Gasteiger partial charge on any atom is -0.475 e. The van der Waals surface area contributed by atoms with Crippen molar-refractivity contribution >= 4 is 100 Å². The highest BCUT2D eigenvalue weighted by molar-refractivity contribution is 7.10. The van der Waals surface area contributed by atoms with E-state index in [0.717, 1.165) is 18.3 Å². The van der Waals surface area contributed by atoms with E-state index in [2.05, 4.69) is 52.8 Å². The van der Waals surface area contributed by atoms with Gasteiger partial charge in [0.1, 0.15) is 60.0 Å². The van der Waals surface area contributed by atoms with Gasteiger partial charge in [0.05, 0.1) is 25.4 Å². The van der Waals surface area contributed by atoms with Gasteiger partial charge in [-0.2, -0.15) is 13.2 Å². The summed E-state index contributed by atoms with van der Waals surface area (Å²) < 4.78 is 43.1. The third kappa shape index (κ3) is 31.2. The number of thiophene rings is 1. The van der Waals surface area contributed by atoms with Crippen LogP contribution in [0, 0.1) is 23.7 Å². The molecule has 36 nitrogen and oxygen atoms in total. The first-order chi connectivity index (χ1) is 48.7. The molecule has 2 heterocycles. The van der Waals surface area contributed by atoms with Gasteiger partial charge in [0.25, 0.3) is 0 Å². The van der Waals surface area contributed by atoms with Crippen LogP contribution in [0.2, 0.25) is 0 Å². The normalized spacial score (nSPS) is 22.8. The number of guanidine groups is 1. The van der Waals surface area contributed by atoms with Crippen LogP contribution in [0.5, 0.6) is 0 Å². The summed E-state index contributed by atoms with van der Waals surface area (Å²) in [6.45, 7) is 16.3. The fraction of sp³-hybridized carbons (Fsp3) is 0.615. The number of hydrogen-bond donors (Lipinski definition) is 19. The second-order valence-corrected chi connectivity index (χ2v) is 27.7. The molecule has 1 aromatic carbocycles. The van der Waals surface area contributed by atoms with Crippen LogP contribution in [0.3, 0.4) is 0 Å². The van der Waals surface area contributed by atoms with E-state index in [1.165, 1.54) is 50.2 Å². The van der Waals surface area contributed by atoms with Crippen LogP contribution in [0.25, 0.3) is 0 Å². The third-order valence-corrected chi connectivity index (χ3v) is 16.3. The second-order valence-electron chi connectivity index (χ2n) is 26.7. The molecule has 1 aliphatic rings. The minimum atomic E-state index is -5.08. The van der Waals surface area contributed by atoms with E-state index in [-0.39, 0.29) is 50.2 Å². The Morgan fingerprint density at radius 1 is 0.686 bits per heavy atom. The number of carbonyl (C=O) groups excluding carboxylic acids is 13. The summed E-state index contributed by atoms with van der Waals surface area (Å²) in [4.78, 5) is 199. The zero-order chi connectivity index (χ0) is 80.1. The highest BCUT2D eigenvalue weighted by atomic mass is 32.1. The quantitative estimate of drug-likeness (QED) is 0.0230. The van der Waals surface area contributed by atoms with Crippen molar-refractivity contribution in [2.24, 2.45) is 45.9 Å². The van der Waals surface area contributed by atoms with Gasteiger partial charge >= 0.3 is 24.2 Å². The zero-order valence-corrected chi connectivity index (χ0v) is 61.0. The number of benzene rings is 1. The fourth-order valence-electron chi connectivity index (χ4n) is 9.76. The van der Waals surface area contributed by atoms with Crippen LogP contribution >= 0.6 is 11.3 Å². The maximum atomic E-state index is 15.6. The Hall–Kier alpha value is -9.80. The molecule has 2 unspecified atom stereocenters. The number of alkyl halides is 3. The lowest BCUT2D eigenvalue weighted by molar-refractivity contribution is -0.192. The number of ether oxygens (including phenoxy) is 2. The molecule has 0 radical (unpaired) electrons. The number of nitrogens with zero attached hydrogens (tertiary/aromatic N) is 1. The molecule has 1 fully saturated rings. The highest BCUT2D eigenvalue weighted by Gasteiger charge is 2.45. The molecule has 0 spiro atoms. The lowest BCUT2D eigenvalue weighted by Gasteiger charge is -2.34. The zero-order valence-electron chi connectivity index (χ0n) is 60.2. The first-order valence-corrected chi connectivity index (χ1v) is 34.2. The van der Waals surface area contributed by atoms with Crippen LogP contribution in [0.4, 0.5) is 18.0 Å². The van der Waals surface area contributed by atoms with Crippen LogP contribution in [-0.4, -0.2) is 219 Å². The summed E-state index contributed by atoms with van der Waals surface area (Å²) in [5.74, 6) is -20.7. The Balaban J connectivity index is 0.00000507. The van der Waals surface area contributed by atoms with Crippen molar-refractivity contribution in [3.8, 4) is 0 Å². The first kappa shape index (κ1) is 91.3. The molecule has 1 aromatic heterocycles. The van der Waals surface area contributed by atoms with Crippen molar-refractivity contribution in [3.05, 3.63) is 58.3 Å². The highest BCUT2D eigenvalue weighted by Crippen LogP contribution is 2.26. The summed E-state index contributed by atoms with van der Waals surface area (Å²) in [6.07, 6.45) is -14.7. The number of aliphatic hydroxyl groups is 4. The van der Waals surface area contributed by atoms with E-state index < -0.39 is 216 Å². The molecule has 0 bridgehead atoms. The third-order valence-electron chi connectivity index (χ3n) is 15.4. The van der Waals surface area contributed by atoms with Crippen LogP contribution in [0.1, 0.15) is 138 Å². The molecular formula is C65H100F3N15O21S. The van der Waals surface area contributed by atoms with Crippen LogP contribution in [-0.2, 0) is 71.8 Å². The van der Waals surface area contributed by atoms with Gasteiger partial charge in [-0.3, -0.25) is 57.7 Å². The number of carboxylic acids is 1. The van der Waals surface area contributed by atoms with E-state index in [4.69, 9.17) is 36.6 Å². The molecule has 22 N–H and O–H groups in total. The number of hydrogen-bond acceptors (Lipinski definition) is 22. The van der Waals surface area contributed by atoms with Gasteiger partial charge in [0.2, 0.25) is 65.0 Å². The average molecular weight is 1520 g/mol. The van der Waals surface area contributed by atoms with Crippen molar-refractivity contribution in [3.63, 3.8) is 0 Å². The van der Waals surface area contributed by atoms with Gasteiger partial charge in [-0.05, 0) is 94.1 Å². The minimum absolute atomic E-state index is 0.0281. The molecule has 1 aliphatic heterocycles. The monoisotopic (exact) mass is 1520 g/mol. The van der Waals surface area contributed by atoms with Crippen molar-refractivity contribution in [1.82, 2.24) is 58.5 Å². The SMILES string of the molecule is CC[C@H](C)C1NC(=O)[C@@H](CCCN=C(N)N)NC(=O)[C@H](CC(C)C)NC(=O)[C@H]([C@H](O)C(C)C)NC(=O)[C@@H](NC(=O)[C@@H](CC(C)C)NC(=O)[C@H](NC(=O)OC(C)(C)C)c2cccs2)[C@@H](c2ccccc2)OC(=O)[C@H](CO)NC(=O)[C@H]([C@H](O)C(N)=O)NC(=O)CNC(=O)C([C@H](C)O)NC1=O.O=C(O)C(F)(F)F. The van der Waals surface area contributed by atoms with Crippen molar-refractivity contribution in [1.29, 1.82) is 0 Å². The Morgan fingerprint density at radius 2 is 1.24 bits per heavy atom. The van der Waals surface area contributed by atoms with Gasteiger partial charge in [-0.15, -0.1) is 11.3 Å². The summed E-state index contributed by atoms with van der Waals surface area (Å²) >= 11 is 1.08. The molecule has 15 atom stereocenters. The number of aliphatic hydroxyl groups excluding tert-OH is 4. The van der Waals surface area contributed by atoms with Crippen LogP contribution < -0.4 is 75.7 Å². The van der Waals surface area contributed by atoms with Crippen LogP contribution in [0.15, 0.2) is 52.8 Å². The Bertz CT molecular complexity index is 3320. The van der Waals surface area contributed by atoms with Gasteiger partial charge in [0, 0.05) is 11.4 Å². The smallest absolute Gasteiger partial charge is 0.475 e. The number of alkyl carbamates (subject to hydrolysis) is 1. The van der Waals surface area contributed by atoms with E-state index in [9.17, 15) is 81.5 Å². The fourth-order valence-corrected chi connectivity index (χ4v) is 10.5. The number of halogens is 3. The first-order valence-electron chi connectivity index (χ1n) is 33.3. The van der Waals surface area contributed by atoms with Gasteiger partial charge < -0.3 is 111 Å². The maximum absolute atomic E-state index is 15.6. The van der Waals surface area contributed by atoms with E-state index in [0.29, 0.717) is 4.88 Å². The van der Waals surface area contributed by atoms with Gasteiger partial charge in [-0.1, -0.05) is 98.2 Å². The van der Waals surface area contributed by atoms with Gasteiger partial charge in [-0.25, -0.2) is 14.4 Å². The number of carbonyl (C=O) groups is 14. The van der Waals surface area contributed by atoms with Crippen molar-refractivity contribution < 1.29 is 115 Å². The lowest BCUT2D eigenvalue weighted by atomic mass is 9.95. The van der Waals surface area contributed by atoms with Crippen molar-refractivity contribution in [2.45, 2.75) is 212 Å². The summed E-state index contributed by atoms with van der Waals surface area (Å²) in [5, 5.41) is 79.6. The topological polar surface area (TPSA) is 581 Å². The standard InChI is InChI=1S/C63H99N15O19S.C2HF3O2/c1-13-32(8)41-55(89)75-42(33(9)80)54(88)68-27-40(81)73-45(48(83)50(64)84)58(92)72-38(28-79)60(94)96-49(34-19-15-14-16-20-34)46(77-53(87)37(26-30(4)5)70-56(90)43(39-22-18-24-98-39)78-62(95)97-63(10,11)12)59(93)76-44(47(82)31(6)7)57(91)71-36(25-29(2)3)52(86)69-35(51(85)74-41)21-17-23-67-61(65)66;3-2(4,5)1(6)7/h14-16,18-20,22,24,29-33,35-38,41-49,79-80,82-83H,13,17,21,23,25-28H2,1-12H3,(H2,64,84)(H,68,88)(H,69,86)(H,70,90)(H,71,91)(H,72,92)(H,73,81)(H,74,85)(H,75,89)(H,76,93)(H,77,87)(H,78,95)(H4,65,66,67);(H,6,7)/t32-,33-,35+,36-,37+,38-,41?,42?,43+,44-,45-,46-,47+,48-,49+;/m0./s1. The number of aliphatic imine (C=N–C) groups is 1. The molecule has 105 heavy (non-hydrogen) atoms. The number of cyclic esters (lactones) is 1. The predicted octanol–water partition coefficient (Wildman–Crippen LogP) is -2.85. The lowest BCUT2D eigenvalue weighted by Crippen LogP contribution is -2.64. The molecule has 0 aliphatic carbocycles. The average Bonchev–Trinajstić information content (AvgIpc) is 1.15. The number of aliphatic carboxylic acids is 1. The van der Waals surface area contributed by atoms with E-state index >= 15 is 14.4 Å². The number of esters is 1. The summed E-state index contributed by atoms with van der Waals surface area (Å²) in [7, 11) is 0. The van der Waals surface area contributed by atoms with Crippen molar-refractivity contribution in [2.75, 3.05) is 19.7 Å². The summed E-state index contributed by atoms with van der Waals surface area (Å²) in [5.41, 5.74) is 15.4. The van der Waals surface area contributed by atoms with E-state index in [1.54, 1.807) is 73.8 Å². The Kier molecular flexibility index (Phi) is 37.2. The molecular weight excluding hydrogens is 1420 g/mol. The van der Waals surface area contributed by atoms with Gasteiger partial charge in [0.15, 0.2) is 24.2 Å². The number of rotatable bonds is 23. The maximum Gasteiger partial charge on any atom is 0.490 e. The number of nitrogens with one attached hydrogen (secondary N) is 11. The Morgan fingerprint density at radius 3 is 1.74 bits per heavy atom. The molecule has 3 rings (SSSR count). The molecule has 588 valence electrons. The number of carboxylic acid groups (broad SMARTS) is 1. The largest absolute Gasteiger partial charge is 0.490 e. The molecule has 2 aromatic rings. The number of amides is 12. The molecule has 0 saturated carbocycles. The molecule has 12 amide bonds. The van der Waals surface area contributed by atoms with E-state index in [1.807, 2.05) is 10.6 Å². The number of nitrogens with two attached hydrogens (primary N) is 3. The second kappa shape index (κ2) is 42.8. The predicted molar refractivity (Wildman–Crippen MR) is 369 cm³/mol. The Labute approximate surface area is 607 Å². The molecule has 40 heteroatoms. The number of primary amides is 1. The molecule has 1 saturated heterocycles. The summed E-state index contributed by atoms with van der Waals surface area (Å²) in [6, 6.07) is -8.57.